The summed E-state index contributed by atoms with van der Waals surface area (Å²) in [5.74, 6) is -0.717. The van der Waals surface area contributed by atoms with Gasteiger partial charge >= 0.3 is 5.69 Å². The fourth-order valence-electron chi connectivity index (χ4n) is 2.83. The number of hydrogen-bond acceptors (Lipinski definition) is 4. The van der Waals surface area contributed by atoms with Crippen molar-refractivity contribution in [2.75, 3.05) is 6.54 Å². The first kappa shape index (κ1) is 14.2. The molecule has 0 saturated carbocycles. The van der Waals surface area contributed by atoms with Gasteiger partial charge in [-0.15, -0.1) is 11.3 Å². The first-order valence-electron chi connectivity index (χ1n) is 6.80. The van der Waals surface area contributed by atoms with Crippen LogP contribution < -0.4 is 0 Å². The van der Waals surface area contributed by atoms with Crippen molar-refractivity contribution >= 4 is 17.0 Å². The van der Waals surface area contributed by atoms with E-state index in [9.17, 15) is 14.5 Å². The van der Waals surface area contributed by atoms with Crippen LogP contribution in [0, 0.1) is 15.9 Å². The van der Waals surface area contributed by atoms with Crippen LogP contribution in [-0.4, -0.2) is 16.4 Å². The first-order chi connectivity index (χ1) is 10.1. The Bertz CT molecular complexity index is 686. The third kappa shape index (κ3) is 2.56. The molecule has 1 aliphatic heterocycles. The zero-order valence-corrected chi connectivity index (χ0v) is 12.4. The number of nitro groups is 1. The number of nitrogens with zero attached hydrogens (tertiary/aromatic N) is 2. The van der Waals surface area contributed by atoms with Gasteiger partial charge in [-0.25, -0.2) is 0 Å². The molecule has 2 heterocycles. The quantitative estimate of drug-likeness (QED) is 0.638. The smallest absolute Gasteiger partial charge is 0.292 e. The molecule has 1 aromatic heterocycles. The maximum Gasteiger partial charge on any atom is 0.305 e. The molecular weight excluding hydrogens is 291 g/mol. The first-order valence-corrected chi connectivity index (χ1v) is 7.68. The van der Waals surface area contributed by atoms with Crippen LogP contribution >= 0.6 is 11.3 Å². The van der Waals surface area contributed by atoms with Crippen molar-refractivity contribution in [2.45, 2.75) is 25.9 Å². The Morgan fingerprint density at radius 2 is 2.29 bits per heavy atom. The summed E-state index contributed by atoms with van der Waals surface area (Å²) in [4.78, 5) is 13.7. The van der Waals surface area contributed by atoms with E-state index >= 15 is 0 Å². The molecular formula is C15H15FN2O2S. The Balaban J connectivity index is 1.85. The normalized spacial score (nSPS) is 18.5. The molecule has 110 valence electrons. The van der Waals surface area contributed by atoms with Gasteiger partial charge in [-0.1, -0.05) is 12.1 Å². The number of nitro benzene ring substituents is 1. The monoisotopic (exact) mass is 306 g/mol. The molecule has 3 rings (SSSR count). The standard InChI is InChI=1S/C15H15FN2O2S/c1-10-12-6-8-21-14(12)5-7-17(10)9-11-3-2-4-13(15(11)16)18(19)20/h2-4,6,8,10H,5,7,9H2,1H3. The van der Waals surface area contributed by atoms with E-state index < -0.39 is 16.4 Å². The molecule has 2 aromatic rings. The van der Waals surface area contributed by atoms with Crippen LogP contribution in [0.1, 0.15) is 29.0 Å². The number of hydrogen-bond donors (Lipinski definition) is 0. The van der Waals surface area contributed by atoms with Gasteiger partial charge in [-0.05, 0) is 30.4 Å². The van der Waals surface area contributed by atoms with Gasteiger partial charge in [0.1, 0.15) is 0 Å². The number of benzene rings is 1. The number of thiophene rings is 1. The Morgan fingerprint density at radius 3 is 3.05 bits per heavy atom. The topological polar surface area (TPSA) is 46.4 Å². The number of halogens is 1. The number of fused-ring (bicyclic) bond motifs is 1. The van der Waals surface area contributed by atoms with Gasteiger partial charge in [0, 0.05) is 35.6 Å². The summed E-state index contributed by atoms with van der Waals surface area (Å²) in [5.41, 5.74) is 1.22. The Kier molecular flexibility index (Phi) is 3.73. The Labute approximate surface area is 126 Å². The molecule has 0 fully saturated rings. The summed E-state index contributed by atoms with van der Waals surface area (Å²) in [6.45, 7) is 3.33. The predicted molar refractivity (Wildman–Crippen MR) is 79.9 cm³/mol. The van der Waals surface area contributed by atoms with Gasteiger partial charge in [0.05, 0.1) is 4.92 Å². The minimum absolute atomic E-state index is 0.207. The summed E-state index contributed by atoms with van der Waals surface area (Å²) >= 11 is 1.76. The van der Waals surface area contributed by atoms with Crippen molar-refractivity contribution in [2.24, 2.45) is 0 Å². The van der Waals surface area contributed by atoms with Crippen LogP contribution in [0.2, 0.25) is 0 Å². The lowest BCUT2D eigenvalue weighted by molar-refractivity contribution is -0.387. The van der Waals surface area contributed by atoms with E-state index in [-0.39, 0.29) is 6.04 Å². The average molecular weight is 306 g/mol. The molecule has 0 aliphatic carbocycles. The van der Waals surface area contributed by atoms with Crippen LogP contribution in [0.4, 0.5) is 10.1 Å². The molecule has 0 radical (unpaired) electrons. The molecule has 21 heavy (non-hydrogen) atoms. The van der Waals surface area contributed by atoms with E-state index in [1.807, 2.05) is 0 Å². The molecule has 0 amide bonds. The summed E-state index contributed by atoms with van der Waals surface area (Å²) in [6, 6.07) is 6.69. The van der Waals surface area contributed by atoms with Gasteiger partial charge in [0.2, 0.25) is 5.82 Å². The van der Waals surface area contributed by atoms with Gasteiger partial charge in [0.15, 0.2) is 0 Å². The molecule has 0 N–H and O–H groups in total. The summed E-state index contributed by atoms with van der Waals surface area (Å²) < 4.78 is 14.2. The average Bonchev–Trinajstić information content (AvgIpc) is 2.93. The highest BCUT2D eigenvalue weighted by Crippen LogP contribution is 2.34. The highest BCUT2D eigenvalue weighted by atomic mass is 32.1. The van der Waals surface area contributed by atoms with Crippen molar-refractivity contribution < 1.29 is 9.31 Å². The predicted octanol–water partition coefficient (Wildman–Crippen LogP) is 3.91. The van der Waals surface area contributed by atoms with Crippen LogP contribution in [0.25, 0.3) is 0 Å². The fraction of sp³-hybridized carbons (Fsp3) is 0.333. The Morgan fingerprint density at radius 1 is 1.48 bits per heavy atom. The lowest BCUT2D eigenvalue weighted by atomic mass is 10.0. The summed E-state index contributed by atoms with van der Waals surface area (Å²) in [6.07, 6.45) is 0.952. The minimum atomic E-state index is -0.717. The second-order valence-corrected chi connectivity index (χ2v) is 6.20. The van der Waals surface area contributed by atoms with E-state index in [2.05, 4.69) is 23.3 Å². The molecule has 4 nitrogen and oxygen atoms in total. The highest BCUT2D eigenvalue weighted by Gasteiger charge is 2.26. The summed E-state index contributed by atoms with van der Waals surface area (Å²) in [7, 11) is 0. The molecule has 1 aromatic carbocycles. The van der Waals surface area contributed by atoms with E-state index in [0.717, 1.165) is 13.0 Å². The SMILES string of the molecule is CC1c2ccsc2CCN1Cc1cccc([N+](=O)[O-])c1F. The lowest BCUT2D eigenvalue weighted by Crippen LogP contribution is -2.32. The second kappa shape index (κ2) is 5.54. The summed E-state index contributed by atoms with van der Waals surface area (Å²) in [5, 5.41) is 12.9. The number of rotatable bonds is 3. The van der Waals surface area contributed by atoms with Gasteiger partial charge in [-0.2, -0.15) is 4.39 Å². The van der Waals surface area contributed by atoms with Crippen LogP contribution in [0.15, 0.2) is 29.6 Å². The van der Waals surface area contributed by atoms with Crippen molar-refractivity contribution in [1.29, 1.82) is 0 Å². The van der Waals surface area contributed by atoms with Crippen LogP contribution in [0.3, 0.4) is 0 Å². The van der Waals surface area contributed by atoms with Crippen molar-refractivity contribution in [3.05, 3.63) is 61.6 Å². The molecule has 1 unspecified atom stereocenters. The third-order valence-electron chi connectivity index (χ3n) is 4.03. The van der Waals surface area contributed by atoms with Gasteiger partial charge < -0.3 is 0 Å². The molecule has 6 heteroatoms. The largest absolute Gasteiger partial charge is 0.305 e. The second-order valence-electron chi connectivity index (χ2n) is 5.20. The minimum Gasteiger partial charge on any atom is -0.292 e. The maximum atomic E-state index is 14.2. The van der Waals surface area contributed by atoms with Crippen LogP contribution in [0.5, 0.6) is 0 Å². The van der Waals surface area contributed by atoms with Gasteiger partial charge in [-0.3, -0.25) is 15.0 Å². The van der Waals surface area contributed by atoms with Gasteiger partial charge in [0.25, 0.3) is 0 Å². The molecule has 0 spiro atoms. The van der Waals surface area contributed by atoms with E-state index in [4.69, 9.17) is 0 Å². The van der Waals surface area contributed by atoms with Crippen molar-refractivity contribution in [3.63, 3.8) is 0 Å². The molecule has 1 atom stereocenters. The van der Waals surface area contributed by atoms with E-state index in [1.165, 1.54) is 16.5 Å². The van der Waals surface area contributed by atoms with E-state index in [0.29, 0.717) is 12.1 Å². The Hall–Kier alpha value is -1.79. The van der Waals surface area contributed by atoms with Crippen molar-refractivity contribution in [1.82, 2.24) is 4.90 Å². The molecule has 0 saturated heterocycles. The fourth-order valence-corrected chi connectivity index (χ4v) is 3.79. The maximum absolute atomic E-state index is 14.2. The van der Waals surface area contributed by atoms with Crippen LogP contribution in [-0.2, 0) is 13.0 Å². The zero-order valence-electron chi connectivity index (χ0n) is 11.6. The third-order valence-corrected chi connectivity index (χ3v) is 5.03. The van der Waals surface area contributed by atoms with Crippen molar-refractivity contribution in [3.8, 4) is 0 Å². The lowest BCUT2D eigenvalue weighted by Gasteiger charge is -2.33. The van der Waals surface area contributed by atoms with E-state index in [1.54, 1.807) is 23.5 Å². The molecule has 0 bridgehead atoms. The zero-order chi connectivity index (χ0) is 15.0. The molecule has 1 aliphatic rings. The highest BCUT2D eigenvalue weighted by molar-refractivity contribution is 7.10.